The van der Waals surface area contributed by atoms with Crippen LogP contribution in [0.1, 0.15) is 34.6 Å². The van der Waals surface area contributed by atoms with Crippen LogP contribution < -0.4 is 0 Å². The Morgan fingerprint density at radius 1 is 1.03 bits per heavy atom. The first kappa shape index (κ1) is 22.6. The predicted molar refractivity (Wildman–Crippen MR) is 104 cm³/mol. The Kier molecular flexibility index (Phi) is 5.92. The molecule has 162 valence electrons. The van der Waals surface area contributed by atoms with Gasteiger partial charge in [0.25, 0.3) is 0 Å². The molecule has 2 unspecified atom stereocenters. The number of rotatable bonds is 4. The van der Waals surface area contributed by atoms with E-state index in [9.17, 15) is 24.6 Å². The number of hydrogen-bond donors (Lipinski definition) is 2. The first-order chi connectivity index (χ1) is 13.3. The summed E-state index contributed by atoms with van der Waals surface area (Å²) in [5.41, 5.74) is -3.48. The van der Waals surface area contributed by atoms with E-state index in [-0.39, 0.29) is 5.76 Å². The molecule has 2 N–H and O–H groups in total. The van der Waals surface area contributed by atoms with Crippen molar-refractivity contribution in [3.05, 3.63) is 23.6 Å². The lowest BCUT2D eigenvalue weighted by molar-refractivity contribution is -0.166. The zero-order valence-electron chi connectivity index (χ0n) is 17.8. The van der Waals surface area contributed by atoms with Gasteiger partial charge in [-0.05, 0) is 40.7 Å². The minimum Gasteiger partial charge on any atom is -0.500 e. The summed E-state index contributed by atoms with van der Waals surface area (Å²) in [6.45, 7) is 9.87. The van der Waals surface area contributed by atoms with Crippen LogP contribution in [-0.4, -0.2) is 76.9 Å². The molecule has 0 spiro atoms. The summed E-state index contributed by atoms with van der Waals surface area (Å²) in [4.78, 5) is 39.8. The van der Waals surface area contributed by atoms with Crippen molar-refractivity contribution in [2.24, 2.45) is 10.8 Å². The Labute approximate surface area is 170 Å². The molecule has 1 fully saturated rings. The number of piperazine rings is 1. The SMILES string of the molecule is COC1=CC(N2CCN(C(=O)OC(C)(C)C)CC2)=CC(C)(C(=O)O)C1(C)C(=O)O. The van der Waals surface area contributed by atoms with Gasteiger partial charge in [-0.15, -0.1) is 0 Å². The lowest BCUT2D eigenvalue weighted by Crippen LogP contribution is -2.53. The molecule has 0 aromatic carbocycles. The van der Waals surface area contributed by atoms with E-state index in [0.29, 0.717) is 31.9 Å². The fourth-order valence-corrected chi connectivity index (χ4v) is 3.54. The van der Waals surface area contributed by atoms with Gasteiger partial charge in [0.15, 0.2) is 0 Å². The Balaban J connectivity index is 2.27. The quantitative estimate of drug-likeness (QED) is 0.724. The van der Waals surface area contributed by atoms with Crippen molar-refractivity contribution in [2.75, 3.05) is 33.3 Å². The monoisotopic (exact) mass is 410 g/mol. The number of nitrogens with zero attached hydrogens (tertiary/aromatic N) is 2. The van der Waals surface area contributed by atoms with Gasteiger partial charge in [-0.2, -0.15) is 0 Å². The molecular weight excluding hydrogens is 380 g/mol. The second-order valence-corrected chi connectivity index (χ2v) is 8.67. The third kappa shape index (κ3) is 4.04. The van der Waals surface area contributed by atoms with Crippen LogP contribution in [0.5, 0.6) is 0 Å². The highest BCUT2D eigenvalue weighted by molar-refractivity contribution is 5.91. The lowest BCUT2D eigenvalue weighted by Gasteiger charge is -2.44. The molecule has 1 amide bonds. The highest BCUT2D eigenvalue weighted by Crippen LogP contribution is 2.50. The van der Waals surface area contributed by atoms with E-state index in [4.69, 9.17) is 9.47 Å². The maximum Gasteiger partial charge on any atom is 0.410 e. The molecule has 0 aromatic heterocycles. The van der Waals surface area contributed by atoms with Crippen LogP contribution >= 0.6 is 0 Å². The highest BCUT2D eigenvalue weighted by atomic mass is 16.6. The Hall–Kier alpha value is -2.71. The van der Waals surface area contributed by atoms with Crippen LogP contribution in [0.25, 0.3) is 0 Å². The van der Waals surface area contributed by atoms with Crippen LogP contribution in [0, 0.1) is 10.8 Å². The van der Waals surface area contributed by atoms with Gasteiger partial charge in [0.05, 0.1) is 7.11 Å². The predicted octanol–water partition coefficient (Wildman–Crippen LogP) is 2.15. The Morgan fingerprint density at radius 2 is 1.59 bits per heavy atom. The number of carbonyl (C=O) groups is 3. The standard InChI is InChI=1S/C20H30N2O7/c1-18(2,3)29-17(27)22-9-7-21(8-10-22)13-11-14(28-6)20(5,16(25)26)19(4,12-13)15(23)24/h11-12H,7-10H2,1-6H3,(H,23,24)(H,25,26). The van der Waals surface area contributed by atoms with Gasteiger partial charge in [0, 0.05) is 38.0 Å². The van der Waals surface area contributed by atoms with Crippen molar-refractivity contribution in [1.82, 2.24) is 9.80 Å². The van der Waals surface area contributed by atoms with Crippen molar-refractivity contribution in [2.45, 2.75) is 40.2 Å². The average molecular weight is 410 g/mol. The van der Waals surface area contributed by atoms with E-state index in [2.05, 4.69) is 0 Å². The van der Waals surface area contributed by atoms with Gasteiger partial charge >= 0.3 is 18.0 Å². The smallest absolute Gasteiger partial charge is 0.410 e. The normalized spacial score (nSPS) is 27.7. The molecular formula is C20H30N2O7. The number of amides is 1. The number of hydrogen-bond acceptors (Lipinski definition) is 6. The van der Waals surface area contributed by atoms with Crippen molar-refractivity contribution >= 4 is 18.0 Å². The number of ether oxygens (including phenoxy) is 2. The third-order valence-electron chi connectivity index (χ3n) is 5.64. The Morgan fingerprint density at radius 3 is 2.00 bits per heavy atom. The highest BCUT2D eigenvalue weighted by Gasteiger charge is 2.60. The van der Waals surface area contributed by atoms with Crippen LogP contribution in [0.3, 0.4) is 0 Å². The second kappa shape index (κ2) is 7.61. The maximum absolute atomic E-state index is 12.2. The summed E-state index contributed by atoms with van der Waals surface area (Å²) in [6, 6.07) is 0. The first-order valence-electron chi connectivity index (χ1n) is 9.45. The fraction of sp³-hybridized carbons (Fsp3) is 0.650. The van der Waals surface area contributed by atoms with E-state index in [1.807, 2.05) is 4.90 Å². The first-order valence-corrected chi connectivity index (χ1v) is 9.45. The Bertz CT molecular complexity index is 759. The molecule has 0 aromatic rings. The van der Waals surface area contributed by atoms with Crippen molar-refractivity contribution in [1.29, 1.82) is 0 Å². The molecule has 9 nitrogen and oxygen atoms in total. The van der Waals surface area contributed by atoms with Gasteiger partial charge in [-0.3, -0.25) is 9.59 Å². The number of methoxy groups -OCH3 is 1. The number of allylic oxidation sites excluding steroid dienone is 1. The lowest BCUT2D eigenvalue weighted by atomic mass is 9.61. The van der Waals surface area contributed by atoms with Crippen molar-refractivity contribution < 1.29 is 34.1 Å². The van der Waals surface area contributed by atoms with Crippen LogP contribution in [0.4, 0.5) is 4.79 Å². The topological polar surface area (TPSA) is 117 Å². The van der Waals surface area contributed by atoms with Crippen LogP contribution in [0.2, 0.25) is 0 Å². The molecule has 0 radical (unpaired) electrons. The zero-order valence-corrected chi connectivity index (χ0v) is 17.8. The molecule has 2 rings (SSSR count). The van der Waals surface area contributed by atoms with E-state index in [1.54, 1.807) is 31.7 Å². The zero-order chi connectivity index (χ0) is 22.2. The summed E-state index contributed by atoms with van der Waals surface area (Å²) in [5, 5.41) is 19.6. The summed E-state index contributed by atoms with van der Waals surface area (Å²) >= 11 is 0. The maximum atomic E-state index is 12.2. The fourth-order valence-electron chi connectivity index (χ4n) is 3.54. The van der Waals surface area contributed by atoms with Crippen LogP contribution in [0.15, 0.2) is 23.6 Å². The molecule has 1 aliphatic carbocycles. The molecule has 9 heteroatoms. The van der Waals surface area contributed by atoms with Crippen molar-refractivity contribution in [3.8, 4) is 0 Å². The molecule has 1 saturated heterocycles. The number of carboxylic acid groups (broad SMARTS) is 2. The van der Waals surface area contributed by atoms with Gasteiger partial charge in [-0.25, -0.2) is 4.79 Å². The molecule has 0 saturated carbocycles. The second-order valence-electron chi connectivity index (χ2n) is 8.67. The van der Waals surface area contributed by atoms with Crippen molar-refractivity contribution in [3.63, 3.8) is 0 Å². The number of carbonyl (C=O) groups excluding carboxylic acids is 1. The number of carboxylic acids is 2. The minimum absolute atomic E-state index is 0.0713. The summed E-state index contributed by atoms with van der Waals surface area (Å²) < 4.78 is 10.7. The van der Waals surface area contributed by atoms with Gasteiger partial charge in [-0.1, -0.05) is 0 Å². The van der Waals surface area contributed by atoms with Gasteiger partial charge < -0.3 is 29.5 Å². The van der Waals surface area contributed by atoms with E-state index in [1.165, 1.54) is 27.0 Å². The van der Waals surface area contributed by atoms with Crippen LogP contribution in [-0.2, 0) is 19.1 Å². The summed E-state index contributed by atoms with van der Waals surface area (Å²) in [6.07, 6.45) is 2.65. The minimum atomic E-state index is -1.75. The molecule has 1 heterocycles. The molecule has 1 aliphatic heterocycles. The molecule has 2 aliphatic rings. The largest absolute Gasteiger partial charge is 0.500 e. The number of aliphatic carboxylic acids is 2. The van der Waals surface area contributed by atoms with Gasteiger partial charge in [0.2, 0.25) is 0 Å². The molecule has 0 bridgehead atoms. The average Bonchev–Trinajstić information content (AvgIpc) is 2.62. The summed E-state index contributed by atoms with van der Waals surface area (Å²) in [7, 11) is 1.33. The third-order valence-corrected chi connectivity index (χ3v) is 5.64. The van der Waals surface area contributed by atoms with E-state index >= 15 is 0 Å². The summed E-state index contributed by atoms with van der Waals surface area (Å²) in [5.74, 6) is -2.46. The van der Waals surface area contributed by atoms with E-state index < -0.39 is 34.5 Å². The molecule has 29 heavy (non-hydrogen) atoms. The van der Waals surface area contributed by atoms with Gasteiger partial charge in [0.1, 0.15) is 22.2 Å². The van der Waals surface area contributed by atoms with E-state index in [0.717, 1.165) is 0 Å². The molecule has 2 atom stereocenters.